The van der Waals surface area contributed by atoms with Gasteiger partial charge in [-0.25, -0.2) is 5.01 Å². The number of carbonyl (C=O) groups is 1. The maximum atomic E-state index is 12.3. The quantitative estimate of drug-likeness (QED) is 0.816. The SMILES string of the molecule is CC1CC(C#N)(C(=O)NN2C(C)CCCC2C)C1. The van der Waals surface area contributed by atoms with Crippen LogP contribution in [0.1, 0.15) is 52.9 Å². The van der Waals surface area contributed by atoms with Crippen molar-refractivity contribution in [3.63, 3.8) is 0 Å². The molecule has 2 atom stereocenters. The van der Waals surface area contributed by atoms with Gasteiger partial charge in [-0.3, -0.25) is 10.2 Å². The minimum absolute atomic E-state index is 0.0938. The van der Waals surface area contributed by atoms with E-state index in [0.717, 1.165) is 12.8 Å². The van der Waals surface area contributed by atoms with E-state index in [9.17, 15) is 10.1 Å². The van der Waals surface area contributed by atoms with Gasteiger partial charge in [-0.2, -0.15) is 5.26 Å². The fourth-order valence-electron chi connectivity index (χ4n) is 3.32. The summed E-state index contributed by atoms with van der Waals surface area (Å²) in [7, 11) is 0. The minimum Gasteiger partial charge on any atom is -0.287 e. The zero-order valence-corrected chi connectivity index (χ0v) is 11.6. The average molecular weight is 249 g/mol. The second kappa shape index (κ2) is 4.89. The monoisotopic (exact) mass is 249 g/mol. The molecule has 1 saturated heterocycles. The number of carbonyl (C=O) groups excluding carboxylic acids is 1. The molecular formula is C14H23N3O. The van der Waals surface area contributed by atoms with Crippen molar-refractivity contribution in [2.75, 3.05) is 0 Å². The van der Waals surface area contributed by atoms with E-state index in [2.05, 4.69) is 32.3 Å². The van der Waals surface area contributed by atoms with Crippen LogP contribution in [0.2, 0.25) is 0 Å². The smallest absolute Gasteiger partial charge is 0.254 e. The lowest BCUT2D eigenvalue weighted by Gasteiger charge is -2.44. The molecule has 0 aromatic rings. The lowest BCUT2D eigenvalue weighted by atomic mass is 9.63. The zero-order chi connectivity index (χ0) is 13.3. The first-order chi connectivity index (χ1) is 8.48. The van der Waals surface area contributed by atoms with Crippen LogP contribution < -0.4 is 5.43 Å². The molecule has 1 heterocycles. The molecular weight excluding hydrogens is 226 g/mol. The van der Waals surface area contributed by atoms with Crippen LogP contribution in [0.15, 0.2) is 0 Å². The highest BCUT2D eigenvalue weighted by atomic mass is 16.2. The molecule has 2 aliphatic rings. The third-order valence-corrected chi connectivity index (χ3v) is 4.47. The molecule has 2 rings (SSSR count). The van der Waals surface area contributed by atoms with E-state index in [0.29, 0.717) is 30.8 Å². The number of rotatable bonds is 2. The molecule has 4 nitrogen and oxygen atoms in total. The number of piperidine rings is 1. The molecule has 0 spiro atoms. The Morgan fingerprint density at radius 2 is 1.83 bits per heavy atom. The van der Waals surface area contributed by atoms with Gasteiger partial charge in [0.25, 0.3) is 5.91 Å². The highest BCUT2D eigenvalue weighted by Gasteiger charge is 2.49. The van der Waals surface area contributed by atoms with Gasteiger partial charge in [-0.1, -0.05) is 13.3 Å². The van der Waals surface area contributed by atoms with Gasteiger partial charge in [0.05, 0.1) is 6.07 Å². The molecule has 100 valence electrons. The highest BCUT2D eigenvalue weighted by Crippen LogP contribution is 2.45. The van der Waals surface area contributed by atoms with E-state index in [1.165, 1.54) is 6.42 Å². The van der Waals surface area contributed by atoms with Crippen LogP contribution in [0, 0.1) is 22.7 Å². The minimum atomic E-state index is -0.768. The second-order valence-corrected chi connectivity index (χ2v) is 6.18. The maximum absolute atomic E-state index is 12.3. The highest BCUT2D eigenvalue weighted by molar-refractivity contribution is 5.86. The third-order valence-electron chi connectivity index (χ3n) is 4.47. The van der Waals surface area contributed by atoms with Crippen molar-refractivity contribution in [3.8, 4) is 6.07 Å². The van der Waals surface area contributed by atoms with Crippen LogP contribution in [-0.2, 0) is 4.79 Å². The van der Waals surface area contributed by atoms with Crippen molar-refractivity contribution >= 4 is 5.91 Å². The number of hydrazine groups is 1. The molecule has 2 fully saturated rings. The van der Waals surface area contributed by atoms with E-state index in [-0.39, 0.29) is 5.91 Å². The Bertz CT molecular complexity index is 358. The predicted octanol–water partition coefficient (Wildman–Crippen LogP) is 2.22. The Morgan fingerprint density at radius 3 is 2.28 bits per heavy atom. The molecule has 18 heavy (non-hydrogen) atoms. The first kappa shape index (κ1) is 13.4. The first-order valence-corrected chi connectivity index (χ1v) is 6.99. The summed E-state index contributed by atoms with van der Waals surface area (Å²) in [6.45, 7) is 6.37. The Kier molecular flexibility index (Phi) is 3.63. The molecule has 1 N–H and O–H groups in total. The van der Waals surface area contributed by atoms with Crippen molar-refractivity contribution in [1.29, 1.82) is 5.26 Å². The topological polar surface area (TPSA) is 56.1 Å². The van der Waals surface area contributed by atoms with Crippen molar-refractivity contribution in [2.45, 2.75) is 65.0 Å². The van der Waals surface area contributed by atoms with E-state index in [1.54, 1.807) is 0 Å². The van der Waals surface area contributed by atoms with E-state index in [4.69, 9.17) is 0 Å². The molecule has 0 radical (unpaired) electrons. The molecule has 0 aromatic heterocycles. The number of nitrogens with zero attached hydrogens (tertiary/aromatic N) is 2. The molecule has 0 aromatic carbocycles. The van der Waals surface area contributed by atoms with Crippen LogP contribution in [0.5, 0.6) is 0 Å². The van der Waals surface area contributed by atoms with Gasteiger partial charge in [0.1, 0.15) is 5.41 Å². The lowest BCUT2D eigenvalue weighted by molar-refractivity contribution is -0.142. The summed E-state index contributed by atoms with van der Waals surface area (Å²) in [6.07, 6.45) is 4.84. The zero-order valence-electron chi connectivity index (χ0n) is 11.6. The van der Waals surface area contributed by atoms with Crippen molar-refractivity contribution in [1.82, 2.24) is 10.4 Å². The van der Waals surface area contributed by atoms with E-state index < -0.39 is 5.41 Å². The van der Waals surface area contributed by atoms with Gasteiger partial charge in [0.15, 0.2) is 0 Å². The summed E-state index contributed by atoms with van der Waals surface area (Å²) in [5, 5.41) is 11.3. The summed E-state index contributed by atoms with van der Waals surface area (Å²) in [5.41, 5.74) is 2.24. The van der Waals surface area contributed by atoms with Crippen molar-refractivity contribution < 1.29 is 4.79 Å². The largest absolute Gasteiger partial charge is 0.287 e. The van der Waals surface area contributed by atoms with Gasteiger partial charge >= 0.3 is 0 Å². The molecule has 1 amide bonds. The Balaban J connectivity index is 2.00. The molecule has 1 aliphatic carbocycles. The average Bonchev–Trinajstić information content (AvgIpc) is 2.29. The third kappa shape index (κ3) is 2.24. The van der Waals surface area contributed by atoms with Gasteiger partial charge in [0, 0.05) is 12.1 Å². The number of amides is 1. The summed E-state index contributed by atoms with van der Waals surface area (Å²) in [5.74, 6) is 0.398. The summed E-state index contributed by atoms with van der Waals surface area (Å²) in [4.78, 5) is 12.3. The summed E-state index contributed by atoms with van der Waals surface area (Å²) >= 11 is 0. The number of nitrogens with one attached hydrogen (secondary N) is 1. The van der Waals surface area contributed by atoms with E-state index in [1.807, 2.05) is 5.01 Å². The van der Waals surface area contributed by atoms with Gasteiger partial charge in [-0.05, 0) is 45.4 Å². The summed E-state index contributed by atoms with van der Waals surface area (Å²) in [6, 6.07) is 2.96. The van der Waals surface area contributed by atoms with E-state index >= 15 is 0 Å². The van der Waals surface area contributed by atoms with Crippen molar-refractivity contribution in [2.24, 2.45) is 11.3 Å². The Morgan fingerprint density at radius 1 is 1.28 bits per heavy atom. The Labute approximate surface area is 109 Å². The fraction of sp³-hybridized carbons (Fsp3) is 0.857. The fourth-order valence-corrected chi connectivity index (χ4v) is 3.32. The van der Waals surface area contributed by atoms with Gasteiger partial charge < -0.3 is 0 Å². The van der Waals surface area contributed by atoms with Crippen molar-refractivity contribution in [3.05, 3.63) is 0 Å². The van der Waals surface area contributed by atoms with Gasteiger partial charge in [-0.15, -0.1) is 0 Å². The van der Waals surface area contributed by atoms with Gasteiger partial charge in [0.2, 0.25) is 0 Å². The molecule has 0 bridgehead atoms. The first-order valence-electron chi connectivity index (χ1n) is 6.99. The van der Waals surface area contributed by atoms with Crippen LogP contribution in [0.3, 0.4) is 0 Å². The Hall–Kier alpha value is -1.08. The molecule has 2 unspecified atom stereocenters. The molecule has 4 heteroatoms. The maximum Gasteiger partial charge on any atom is 0.254 e. The summed E-state index contributed by atoms with van der Waals surface area (Å²) < 4.78 is 0. The lowest BCUT2D eigenvalue weighted by Crippen LogP contribution is -2.59. The number of nitriles is 1. The van der Waals surface area contributed by atoms with Crippen LogP contribution in [0.25, 0.3) is 0 Å². The second-order valence-electron chi connectivity index (χ2n) is 6.18. The predicted molar refractivity (Wildman–Crippen MR) is 69.2 cm³/mol. The molecule has 1 aliphatic heterocycles. The standard InChI is InChI=1S/C14H23N3O/c1-10-7-14(8-10,9-15)13(18)16-17-11(2)5-4-6-12(17)3/h10-12H,4-8H2,1-3H3,(H,16,18). The van der Waals surface area contributed by atoms with Crippen LogP contribution in [-0.4, -0.2) is 23.0 Å². The normalized spacial score (nSPS) is 40.7. The van der Waals surface area contributed by atoms with Crippen LogP contribution >= 0.6 is 0 Å². The molecule has 1 saturated carbocycles. The van der Waals surface area contributed by atoms with Crippen LogP contribution in [0.4, 0.5) is 0 Å². The number of hydrogen-bond acceptors (Lipinski definition) is 3. The number of hydrogen-bond donors (Lipinski definition) is 1.